The molecule has 0 radical (unpaired) electrons. The number of aromatic nitrogens is 6. The maximum Gasteiger partial charge on any atom is 0.333 e. The van der Waals surface area contributed by atoms with E-state index >= 15 is 0 Å². The second-order valence-corrected chi connectivity index (χ2v) is 8.10. The minimum Gasteiger partial charge on any atom is -0.345 e. The molecule has 0 aliphatic heterocycles. The fourth-order valence-electron chi connectivity index (χ4n) is 5.85. The first kappa shape index (κ1) is 15.8. The summed E-state index contributed by atoms with van der Waals surface area (Å²) in [5.41, 5.74) is -0.548. The van der Waals surface area contributed by atoms with E-state index in [-0.39, 0.29) is 16.8 Å². The number of carbonyl (C=O) groups excluding carboxylic acids is 1. The predicted molar refractivity (Wildman–Crippen MR) is 84.2 cm³/mol. The van der Waals surface area contributed by atoms with E-state index in [1.54, 1.807) is 4.80 Å². The van der Waals surface area contributed by atoms with Crippen molar-refractivity contribution in [1.82, 2.24) is 35.3 Å². The van der Waals surface area contributed by atoms with E-state index in [0.29, 0.717) is 16.5 Å². The number of hydrogen-bond acceptors (Lipinski definition) is 5. The van der Waals surface area contributed by atoms with Gasteiger partial charge in [0.15, 0.2) is 6.33 Å². The first-order chi connectivity index (χ1) is 12.5. The smallest absolute Gasteiger partial charge is 0.333 e. The van der Waals surface area contributed by atoms with Crippen molar-refractivity contribution < 1.29 is 13.6 Å². The van der Waals surface area contributed by atoms with E-state index in [4.69, 9.17) is 0 Å². The molecule has 2 atom stereocenters. The summed E-state index contributed by atoms with van der Waals surface area (Å²) in [6.07, 6.45) is 8.27. The number of hydrogen-bond donors (Lipinski definition) is 1. The average Bonchev–Trinajstić information content (AvgIpc) is 3.26. The van der Waals surface area contributed by atoms with Crippen LogP contribution in [0.25, 0.3) is 0 Å². The third-order valence-corrected chi connectivity index (χ3v) is 6.22. The lowest BCUT2D eigenvalue weighted by Gasteiger charge is -2.61. The standard InChI is InChI=1S/C16H19F2N7O/c17-14(18)24-2-1-12(22-24)13(26)21-15-4-10-3-11(5-15)7-16(6-10,8-15)25-20-9-19-23-25/h1-2,9-11,14H,3-8H2,(H,21,26). The molecule has 26 heavy (non-hydrogen) atoms. The number of tetrazole rings is 1. The second-order valence-electron chi connectivity index (χ2n) is 8.10. The van der Waals surface area contributed by atoms with E-state index < -0.39 is 12.5 Å². The molecule has 0 spiro atoms. The van der Waals surface area contributed by atoms with Crippen molar-refractivity contribution in [3.63, 3.8) is 0 Å². The predicted octanol–water partition coefficient (Wildman–Crippen LogP) is 1.74. The summed E-state index contributed by atoms with van der Waals surface area (Å²) in [5, 5.41) is 19.1. The van der Waals surface area contributed by atoms with E-state index in [1.807, 2.05) is 0 Å². The third kappa shape index (κ3) is 2.34. The molecule has 0 saturated heterocycles. The van der Waals surface area contributed by atoms with Crippen LogP contribution < -0.4 is 5.32 Å². The Hall–Kier alpha value is -2.39. The van der Waals surface area contributed by atoms with Crippen molar-refractivity contribution in [3.8, 4) is 0 Å². The van der Waals surface area contributed by atoms with Crippen LogP contribution in [0.3, 0.4) is 0 Å². The molecule has 2 aromatic heterocycles. The summed E-state index contributed by atoms with van der Waals surface area (Å²) in [4.78, 5) is 14.4. The molecule has 1 amide bonds. The molecule has 1 N–H and O–H groups in total. The Kier molecular flexibility index (Phi) is 3.23. The monoisotopic (exact) mass is 363 g/mol. The van der Waals surface area contributed by atoms with Gasteiger partial charge in [-0.15, -0.1) is 10.2 Å². The molecular formula is C16H19F2N7O. The summed E-state index contributed by atoms with van der Waals surface area (Å²) < 4.78 is 25.9. The molecular weight excluding hydrogens is 344 g/mol. The summed E-state index contributed by atoms with van der Waals surface area (Å²) in [7, 11) is 0. The van der Waals surface area contributed by atoms with Crippen LogP contribution in [0.2, 0.25) is 0 Å². The van der Waals surface area contributed by atoms with Gasteiger partial charge in [0, 0.05) is 11.7 Å². The molecule has 0 aromatic carbocycles. The highest BCUT2D eigenvalue weighted by atomic mass is 19.3. The van der Waals surface area contributed by atoms with Crippen molar-refractivity contribution in [1.29, 1.82) is 0 Å². The molecule has 4 bridgehead atoms. The fourth-order valence-corrected chi connectivity index (χ4v) is 5.85. The van der Waals surface area contributed by atoms with Crippen LogP contribution in [-0.2, 0) is 5.54 Å². The SMILES string of the molecule is O=C(NC12CC3CC(C1)CC(n1ncnn1)(C3)C2)c1ccn(C(F)F)n1. The Balaban J connectivity index is 1.42. The lowest BCUT2D eigenvalue weighted by atomic mass is 9.50. The van der Waals surface area contributed by atoms with Crippen LogP contribution in [0.4, 0.5) is 8.78 Å². The average molecular weight is 363 g/mol. The van der Waals surface area contributed by atoms with Gasteiger partial charge in [-0.25, -0.2) is 4.68 Å². The molecule has 4 fully saturated rings. The summed E-state index contributed by atoms with van der Waals surface area (Å²) in [5.74, 6) is 0.607. The normalized spacial score (nSPS) is 35.2. The van der Waals surface area contributed by atoms with Crippen molar-refractivity contribution in [3.05, 3.63) is 24.3 Å². The van der Waals surface area contributed by atoms with Gasteiger partial charge in [0.25, 0.3) is 5.91 Å². The minimum absolute atomic E-state index is 0.0222. The lowest BCUT2D eigenvalue weighted by Crippen LogP contribution is -2.66. The van der Waals surface area contributed by atoms with Crippen LogP contribution in [-0.4, -0.2) is 41.4 Å². The number of nitrogens with zero attached hydrogens (tertiary/aromatic N) is 6. The van der Waals surface area contributed by atoms with Crippen molar-refractivity contribution in [2.75, 3.05) is 0 Å². The Bertz CT molecular complexity index is 820. The molecule has 2 unspecified atom stereocenters. The number of halogens is 2. The number of rotatable bonds is 4. The quantitative estimate of drug-likeness (QED) is 0.894. The topological polar surface area (TPSA) is 90.5 Å². The van der Waals surface area contributed by atoms with Crippen molar-refractivity contribution in [2.45, 2.75) is 56.2 Å². The fraction of sp³-hybridized carbons (Fsp3) is 0.688. The molecule has 8 nitrogen and oxygen atoms in total. The van der Waals surface area contributed by atoms with Crippen LogP contribution in [0.1, 0.15) is 55.6 Å². The zero-order chi connectivity index (χ0) is 17.9. The summed E-state index contributed by atoms with van der Waals surface area (Å²) in [6.45, 7) is -2.75. The van der Waals surface area contributed by atoms with Gasteiger partial charge in [-0.1, -0.05) is 0 Å². The Morgan fingerprint density at radius 1 is 1.27 bits per heavy atom. The van der Waals surface area contributed by atoms with E-state index in [2.05, 4.69) is 25.8 Å². The molecule has 4 aliphatic rings. The molecule has 138 valence electrons. The van der Waals surface area contributed by atoms with Gasteiger partial charge in [0.2, 0.25) is 0 Å². The largest absolute Gasteiger partial charge is 0.345 e. The molecule has 4 saturated carbocycles. The highest BCUT2D eigenvalue weighted by molar-refractivity contribution is 5.92. The molecule has 10 heteroatoms. The zero-order valence-electron chi connectivity index (χ0n) is 14.1. The lowest BCUT2D eigenvalue weighted by molar-refractivity contribution is -0.0811. The number of carbonyl (C=O) groups is 1. The van der Waals surface area contributed by atoms with Crippen LogP contribution in [0.5, 0.6) is 0 Å². The first-order valence-corrected chi connectivity index (χ1v) is 8.86. The molecule has 4 aliphatic carbocycles. The Labute approximate surface area is 147 Å². The molecule has 6 rings (SSSR count). The van der Waals surface area contributed by atoms with Gasteiger partial charge >= 0.3 is 6.55 Å². The Morgan fingerprint density at radius 3 is 2.65 bits per heavy atom. The van der Waals surface area contributed by atoms with Gasteiger partial charge in [-0.2, -0.15) is 18.7 Å². The zero-order valence-corrected chi connectivity index (χ0v) is 14.1. The van der Waals surface area contributed by atoms with Crippen molar-refractivity contribution >= 4 is 5.91 Å². The van der Waals surface area contributed by atoms with Crippen LogP contribution in [0, 0.1) is 11.8 Å². The molecule has 2 aromatic rings. The maximum atomic E-state index is 12.7. The summed E-state index contributed by atoms with van der Waals surface area (Å²) >= 11 is 0. The van der Waals surface area contributed by atoms with E-state index in [1.165, 1.54) is 12.4 Å². The van der Waals surface area contributed by atoms with Gasteiger partial charge in [0.1, 0.15) is 5.69 Å². The number of amides is 1. The highest BCUT2D eigenvalue weighted by Crippen LogP contribution is 2.60. The number of alkyl halides is 2. The van der Waals surface area contributed by atoms with E-state index in [0.717, 1.165) is 44.7 Å². The van der Waals surface area contributed by atoms with Crippen LogP contribution >= 0.6 is 0 Å². The van der Waals surface area contributed by atoms with Gasteiger partial charge in [-0.3, -0.25) is 4.79 Å². The maximum absolute atomic E-state index is 12.7. The minimum atomic E-state index is -2.75. The summed E-state index contributed by atoms with van der Waals surface area (Å²) in [6, 6.07) is 1.33. The number of nitrogens with one attached hydrogen (secondary N) is 1. The van der Waals surface area contributed by atoms with Gasteiger partial charge < -0.3 is 5.32 Å². The Morgan fingerprint density at radius 2 is 2.04 bits per heavy atom. The first-order valence-electron chi connectivity index (χ1n) is 8.86. The van der Waals surface area contributed by atoms with Gasteiger partial charge in [-0.05, 0) is 61.6 Å². The second kappa shape index (κ2) is 5.31. The van der Waals surface area contributed by atoms with Crippen LogP contribution in [0.15, 0.2) is 18.6 Å². The van der Waals surface area contributed by atoms with E-state index in [9.17, 15) is 13.6 Å². The van der Waals surface area contributed by atoms with Gasteiger partial charge in [0.05, 0.1) is 5.54 Å². The highest BCUT2D eigenvalue weighted by Gasteiger charge is 2.60. The van der Waals surface area contributed by atoms with Crippen molar-refractivity contribution in [2.24, 2.45) is 11.8 Å². The molecule has 2 heterocycles. The third-order valence-electron chi connectivity index (χ3n) is 6.22.